The third-order valence-corrected chi connectivity index (χ3v) is 3.80. The molecule has 0 spiro atoms. The molecule has 0 amide bonds. The number of phenols is 2. The van der Waals surface area contributed by atoms with E-state index in [2.05, 4.69) is 0 Å². The molecule has 132 valence electrons. The third-order valence-electron chi connectivity index (χ3n) is 3.80. The fourth-order valence-electron chi connectivity index (χ4n) is 2.34. The van der Waals surface area contributed by atoms with Crippen LogP contribution in [0.15, 0.2) is 18.2 Å². The molecule has 0 radical (unpaired) electrons. The van der Waals surface area contributed by atoms with E-state index in [0.717, 1.165) is 0 Å². The first-order valence-electron chi connectivity index (χ1n) is 7.18. The zero-order valence-corrected chi connectivity index (χ0v) is 12.4. The van der Waals surface area contributed by atoms with E-state index in [9.17, 15) is 40.2 Å². The van der Waals surface area contributed by atoms with Crippen LogP contribution >= 0.6 is 0 Å². The number of hydrogen-bond donors (Lipinski definition) is 6. The average molecular weight is 342 g/mol. The molecule has 9 heteroatoms. The molecule has 5 atom stereocenters. The van der Waals surface area contributed by atoms with Gasteiger partial charge in [-0.1, -0.05) is 6.07 Å². The number of aliphatic hydroxyl groups excluding tert-OH is 4. The largest absolute Gasteiger partial charge is 0.504 e. The third kappa shape index (κ3) is 3.71. The number of hydrogen-bond acceptors (Lipinski definition) is 9. The van der Waals surface area contributed by atoms with Crippen molar-refractivity contribution < 1.29 is 45.0 Å². The molecule has 6 N–H and O–H groups in total. The van der Waals surface area contributed by atoms with E-state index in [1.165, 1.54) is 18.2 Å². The van der Waals surface area contributed by atoms with Gasteiger partial charge in [-0.05, 0) is 24.1 Å². The van der Waals surface area contributed by atoms with Gasteiger partial charge in [0.05, 0.1) is 0 Å². The Morgan fingerprint density at radius 1 is 0.958 bits per heavy atom. The smallest absolute Gasteiger partial charge is 0.229 e. The number of ketones is 2. The van der Waals surface area contributed by atoms with Gasteiger partial charge < -0.3 is 35.4 Å². The van der Waals surface area contributed by atoms with E-state index in [1.807, 2.05) is 0 Å². The Hall–Kier alpha value is -2.04. The van der Waals surface area contributed by atoms with Crippen LogP contribution < -0.4 is 0 Å². The number of aryl methyl sites for hydroxylation is 1. The molecule has 1 heterocycles. The quantitative estimate of drug-likeness (QED) is 0.261. The Labute approximate surface area is 136 Å². The molecule has 1 aromatic carbocycles. The van der Waals surface area contributed by atoms with Gasteiger partial charge >= 0.3 is 0 Å². The molecule has 0 bridgehead atoms. The first-order chi connectivity index (χ1) is 11.2. The molecule has 1 aromatic rings. The summed E-state index contributed by atoms with van der Waals surface area (Å²) in [4.78, 5) is 24.0. The summed E-state index contributed by atoms with van der Waals surface area (Å²) in [5.74, 6) is -2.74. The fourth-order valence-corrected chi connectivity index (χ4v) is 2.34. The van der Waals surface area contributed by atoms with Crippen molar-refractivity contribution in [3.8, 4) is 11.5 Å². The average Bonchev–Trinajstić information content (AvgIpc) is 2.56. The second-order valence-electron chi connectivity index (χ2n) is 5.53. The van der Waals surface area contributed by atoms with Crippen molar-refractivity contribution in [2.45, 2.75) is 43.5 Å². The van der Waals surface area contributed by atoms with E-state index in [1.54, 1.807) is 0 Å². The lowest BCUT2D eigenvalue weighted by Gasteiger charge is -2.37. The Morgan fingerprint density at radius 3 is 2.25 bits per heavy atom. The summed E-state index contributed by atoms with van der Waals surface area (Å²) in [7, 11) is 0. The first kappa shape index (κ1) is 18.3. The number of carbonyl (C=O) groups excluding carboxylic acids is 2. The van der Waals surface area contributed by atoms with Crippen molar-refractivity contribution in [2.75, 3.05) is 0 Å². The molecular weight excluding hydrogens is 324 g/mol. The van der Waals surface area contributed by atoms with Gasteiger partial charge in [-0.3, -0.25) is 9.59 Å². The predicted octanol–water partition coefficient (Wildman–Crippen LogP) is -2.03. The monoisotopic (exact) mass is 342 g/mol. The van der Waals surface area contributed by atoms with E-state index < -0.39 is 42.3 Å². The SMILES string of the molecule is O=C(CCc1ccc(O)c(O)c1)C(=O)[C@H]1OC(O)[C@H](O)[C@@H](O)[C@@H]1O. The molecule has 0 aliphatic carbocycles. The Balaban J connectivity index is 1.99. The highest BCUT2D eigenvalue weighted by atomic mass is 16.6. The number of benzene rings is 1. The van der Waals surface area contributed by atoms with Crippen LogP contribution in [0.3, 0.4) is 0 Å². The Bertz CT molecular complexity index is 629. The van der Waals surface area contributed by atoms with Gasteiger partial charge in [0.2, 0.25) is 11.6 Å². The maximum absolute atomic E-state index is 12.0. The standard InChI is InChI=1S/C15H18O9/c16-7-3-1-6(5-9(7)18)2-4-8(17)10(19)14-12(21)11(20)13(22)15(23)24-14/h1,3,5,11-16,18,20-23H,2,4H2/t11-,12-,13+,14+,15?/m0/s1. The molecule has 1 unspecified atom stereocenters. The van der Waals surface area contributed by atoms with Crippen LogP contribution in [0.2, 0.25) is 0 Å². The van der Waals surface area contributed by atoms with Gasteiger partial charge in [-0.2, -0.15) is 0 Å². The molecule has 1 saturated heterocycles. The summed E-state index contributed by atoms with van der Waals surface area (Å²) < 4.78 is 4.70. The van der Waals surface area contributed by atoms with Gasteiger partial charge in [0.15, 0.2) is 23.9 Å². The lowest BCUT2D eigenvalue weighted by Crippen LogP contribution is -2.60. The highest BCUT2D eigenvalue weighted by molar-refractivity contribution is 6.39. The number of aromatic hydroxyl groups is 2. The van der Waals surface area contributed by atoms with Crippen molar-refractivity contribution in [3.63, 3.8) is 0 Å². The van der Waals surface area contributed by atoms with Gasteiger partial charge in [0, 0.05) is 6.42 Å². The number of rotatable bonds is 5. The molecule has 1 aliphatic rings. The first-order valence-corrected chi connectivity index (χ1v) is 7.18. The molecule has 1 fully saturated rings. The number of aliphatic hydroxyl groups is 4. The highest BCUT2D eigenvalue weighted by Crippen LogP contribution is 2.26. The van der Waals surface area contributed by atoms with Crippen molar-refractivity contribution in [1.29, 1.82) is 0 Å². The minimum Gasteiger partial charge on any atom is -0.504 e. The number of phenolic OH excluding ortho intramolecular Hbond substituents is 2. The summed E-state index contributed by atoms with van der Waals surface area (Å²) in [6.07, 6.45) is -9.35. The summed E-state index contributed by atoms with van der Waals surface area (Å²) >= 11 is 0. The predicted molar refractivity (Wildman–Crippen MR) is 77.0 cm³/mol. The maximum Gasteiger partial charge on any atom is 0.229 e. The summed E-state index contributed by atoms with van der Waals surface area (Å²) in [6.45, 7) is 0. The molecular formula is C15H18O9. The minimum atomic E-state index is -1.90. The van der Waals surface area contributed by atoms with Crippen molar-refractivity contribution in [1.82, 2.24) is 0 Å². The van der Waals surface area contributed by atoms with E-state index in [0.29, 0.717) is 5.56 Å². The second kappa shape index (κ2) is 7.24. The van der Waals surface area contributed by atoms with Crippen molar-refractivity contribution >= 4 is 11.6 Å². The van der Waals surface area contributed by atoms with Gasteiger partial charge in [0.1, 0.15) is 18.3 Å². The topological polar surface area (TPSA) is 165 Å². The van der Waals surface area contributed by atoms with Crippen LogP contribution in [-0.4, -0.2) is 72.9 Å². The van der Waals surface area contributed by atoms with E-state index in [-0.39, 0.29) is 24.3 Å². The van der Waals surface area contributed by atoms with Crippen LogP contribution in [0, 0.1) is 0 Å². The summed E-state index contributed by atoms with van der Waals surface area (Å²) in [5.41, 5.74) is 0.493. The van der Waals surface area contributed by atoms with Gasteiger partial charge in [-0.25, -0.2) is 0 Å². The van der Waals surface area contributed by atoms with Gasteiger partial charge in [-0.15, -0.1) is 0 Å². The lowest BCUT2D eigenvalue weighted by molar-refractivity contribution is -0.274. The summed E-state index contributed by atoms with van der Waals surface area (Å²) in [6, 6.07) is 3.94. The molecule has 24 heavy (non-hydrogen) atoms. The maximum atomic E-state index is 12.0. The number of ether oxygens (including phenoxy) is 1. The fraction of sp³-hybridized carbons (Fsp3) is 0.467. The molecule has 0 aromatic heterocycles. The normalized spacial score (nSPS) is 30.1. The van der Waals surface area contributed by atoms with Gasteiger partial charge in [0.25, 0.3) is 0 Å². The van der Waals surface area contributed by atoms with Crippen LogP contribution in [0.25, 0.3) is 0 Å². The molecule has 2 rings (SSSR count). The molecule has 1 aliphatic heterocycles. The van der Waals surface area contributed by atoms with Crippen LogP contribution in [0.5, 0.6) is 11.5 Å². The Morgan fingerprint density at radius 2 is 1.62 bits per heavy atom. The zero-order valence-electron chi connectivity index (χ0n) is 12.4. The molecule has 0 saturated carbocycles. The number of Topliss-reactive ketones (excluding diaryl/α,β-unsaturated/α-hetero) is 2. The summed E-state index contributed by atoms with van der Waals surface area (Å²) in [5, 5.41) is 56.5. The lowest BCUT2D eigenvalue weighted by atomic mass is 9.93. The minimum absolute atomic E-state index is 0.0783. The molecule has 9 nitrogen and oxygen atoms in total. The highest BCUT2D eigenvalue weighted by Gasteiger charge is 2.47. The van der Waals surface area contributed by atoms with Crippen molar-refractivity contribution in [2.24, 2.45) is 0 Å². The Kier molecular flexibility index (Phi) is 5.52. The van der Waals surface area contributed by atoms with Crippen LogP contribution in [0.4, 0.5) is 0 Å². The van der Waals surface area contributed by atoms with Crippen molar-refractivity contribution in [3.05, 3.63) is 23.8 Å². The zero-order chi connectivity index (χ0) is 18.0. The van der Waals surface area contributed by atoms with Crippen LogP contribution in [-0.2, 0) is 20.7 Å². The van der Waals surface area contributed by atoms with Crippen LogP contribution in [0.1, 0.15) is 12.0 Å². The van der Waals surface area contributed by atoms with E-state index in [4.69, 9.17) is 4.74 Å². The van der Waals surface area contributed by atoms with E-state index >= 15 is 0 Å². The number of carbonyl (C=O) groups is 2. The second-order valence-corrected chi connectivity index (χ2v) is 5.53.